The van der Waals surface area contributed by atoms with Crippen LogP contribution in [-0.4, -0.2) is 29.9 Å². The van der Waals surface area contributed by atoms with Gasteiger partial charge in [-0.15, -0.1) is 0 Å². The zero-order valence-corrected chi connectivity index (χ0v) is 14.8. The van der Waals surface area contributed by atoms with Gasteiger partial charge in [-0.2, -0.15) is 0 Å². The first-order chi connectivity index (χ1) is 13.1. The van der Waals surface area contributed by atoms with Gasteiger partial charge in [0.25, 0.3) is 11.8 Å². The van der Waals surface area contributed by atoms with Crippen LogP contribution in [0.4, 0.5) is 11.4 Å². The summed E-state index contributed by atoms with van der Waals surface area (Å²) in [6, 6.07) is 15.8. The summed E-state index contributed by atoms with van der Waals surface area (Å²) in [5.74, 6) is -1.11. The van der Waals surface area contributed by atoms with Crippen LogP contribution in [0.3, 0.4) is 0 Å². The fourth-order valence-electron chi connectivity index (χ4n) is 3.98. The first kappa shape index (κ1) is 17.3. The zero-order chi connectivity index (χ0) is 18.9. The van der Waals surface area contributed by atoms with Crippen molar-refractivity contribution in [3.05, 3.63) is 60.2 Å². The molecule has 0 aromatic heterocycles. The summed E-state index contributed by atoms with van der Waals surface area (Å²) in [7, 11) is 0. The molecule has 4 rings (SSSR count). The Morgan fingerprint density at radius 2 is 1.67 bits per heavy atom. The monoisotopic (exact) mass is 364 g/mol. The minimum atomic E-state index is -0.898. The lowest BCUT2D eigenvalue weighted by Gasteiger charge is -2.44. The van der Waals surface area contributed by atoms with Crippen LogP contribution in [0.1, 0.15) is 36.0 Å². The lowest BCUT2D eigenvalue weighted by Crippen LogP contribution is -2.61. The van der Waals surface area contributed by atoms with Crippen LogP contribution in [0.15, 0.2) is 54.6 Å². The number of nitrogens with zero attached hydrogens (tertiary/aromatic N) is 1. The Morgan fingerprint density at radius 3 is 2.41 bits per heavy atom. The van der Waals surface area contributed by atoms with Gasteiger partial charge in [-0.25, -0.2) is 4.79 Å². The molecule has 0 bridgehead atoms. The standard InChI is InChI=1S/C21H20N2O4/c24-18(14-27-19(25)15-8-2-1-3-9-15)23-17-11-5-4-10-16(17)22-20(26)21(23)12-6-7-13-21/h1-5,8-11H,6-7,12-14H2,(H,22,26). The number of anilines is 2. The summed E-state index contributed by atoms with van der Waals surface area (Å²) >= 11 is 0. The van der Waals surface area contributed by atoms with Crippen molar-refractivity contribution in [1.82, 2.24) is 0 Å². The highest BCUT2D eigenvalue weighted by Gasteiger charge is 2.52. The first-order valence-corrected chi connectivity index (χ1v) is 9.07. The van der Waals surface area contributed by atoms with Gasteiger partial charge in [0.15, 0.2) is 6.61 Å². The SMILES string of the molecule is O=C(OCC(=O)N1c2ccccc2NC(=O)C12CCCC2)c1ccccc1. The van der Waals surface area contributed by atoms with Gasteiger partial charge >= 0.3 is 5.97 Å². The molecule has 6 heteroatoms. The summed E-state index contributed by atoms with van der Waals surface area (Å²) in [6.07, 6.45) is 2.96. The number of fused-ring (bicyclic) bond motifs is 1. The molecule has 1 fully saturated rings. The molecule has 0 unspecified atom stereocenters. The number of hydrogen-bond acceptors (Lipinski definition) is 4. The lowest BCUT2D eigenvalue weighted by atomic mass is 9.90. The van der Waals surface area contributed by atoms with Crippen molar-refractivity contribution in [3.63, 3.8) is 0 Å². The van der Waals surface area contributed by atoms with Crippen molar-refractivity contribution >= 4 is 29.2 Å². The third kappa shape index (κ3) is 2.97. The van der Waals surface area contributed by atoms with Crippen LogP contribution < -0.4 is 10.2 Å². The van der Waals surface area contributed by atoms with Gasteiger partial charge in [-0.3, -0.25) is 14.5 Å². The van der Waals surface area contributed by atoms with Gasteiger partial charge in [-0.1, -0.05) is 43.2 Å². The fraction of sp³-hybridized carbons (Fsp3) is 0.286. The maximum Gasteiger partial charge on any atom is 0.338 e. The Morgan fingerprint density at radius 1 is 1.00 bits per heavy atom. The molecule has 1 aliphatic carbocycles. The largest absolute Gasteiger partial charge is 0.452 e. The minimum absolute atomic E-state index is 0.165. The van der Waals surface area contributed by atoms with E-state index in [2.05, 4.69) is 5.32 Å². The summed E-state index contributed by atoms with van der Waals surface area (Å²) < 4.78 is 5.23. The number of ether oxygens (including phenoxy) is 1. The predicted molar refractivity (Wildman–Crippen MR) is 100 cm³/mol. The molecule has 0 radical (unpaired) electrons. The third-order valence-electron chi connectivity index (χ3n) is 5.26. The Hall–Kier alpha value is -3.15. The Kier molecular flexibility index (Phi) is 4.39. The van der Waals surface area contributed by atoms with E-state index in [1.165, 1.54) is 0 Å². The molecule has 138 valence electrons. The smallest absolute Gasteiger partial charge is 0.338 e. The van der Waals surface area contributed by atoms with E-state index in [0.29, 0.717) is 29.8 Å². The van der Waals surface area contributed by atoms with Crippen molar-refractivity contribution in [3.8, 4) is 0 Å². The van der Waals surface area contributed by atoms with E-state index < -0.39 is 18.1 Å². The van der Waals surface area contributed by atoms with Gasteiger partial charge in [0.1, 0.15) is 5.54 Å². The number of para-hydroxylation sites is 2. The average Bonchev–Trinajstić information content (AvgIpc) is 3.18. The molecule has 1 spiro atoms. The van der Waals surface area contributed by atoms with E-state index >= 15 is 0 Å². The molecular formula is C21H20N2O4. The number of hydrogen-bond donors (Lipinski definition) is 1. The summed E-state index contributed by atoms with van der Waals surface area (Å²) in [4.78, 5) is 39.6. The molecule has 1 saturated carbocycles. The quantitative estimate of drug-likeness (QED) is 0.849. The van der Waals surface area contributed by atoms with Crippen LogP contribution in [-0.2, 0) is 14.3 Å². The van der Waals surface area contributed by atoms with Crippen molar-refractivity contribution in [2.75, 3.05) is 16.8 Å². The second kappa shape index (κ2) is 6.87. The maximum absolute atomic E-state index is 13.1. The van der Waals surface area contributed by atoms with Crippen LogP contribution in [0.2, 0.25) is 0 Å². The molecule has 2 aromatic rings. The fourth-order valence-corrected chi connectivity index (χ4v) is 3.98. The van der Waals surface area contributed by atoms with E-state index in [0.717, 1.165) is 12.8 Å². The minimum Gasteiger partial charge on any atom is -0.452 e. The molecule has 2 aliphatic rings. The second-order valence-corrected chi connectivity index (χ2v) is 6.88. The van der Waals surface area contributed by atoms with E-state index in [1.807, 2.05) is 18.2 Å². The second-order valence-electron chi connectivity index (χ2n) is 6.88. The van der Waals surface area contributed by atoms with Gasteiger partial charge in [0.05, 0.1) is 16.9 Å². The number of benzene rings is 2. The van der Waals surface area contributed by atoms with Crippen LogP contribution in [0, 0.1) is 0 Å². The number of carbonyl (C=O) groups excluding carboxylic acids is 3. The van der Waals surface area contributed by atoms with Crippen LogP contribution in [0.25, 0.3) is 0 Å². The van der Waals surface area contributed by atoms with E-state index in [1.54, 1.807) is 41.3 Å². The molecule has 2 aromatic carbocycles. The first-order valence-electron chi connectivity index (χ1n) is 9.07. The zero-order valence-electron chi connectivity index (χ0n) is 14.8. The third-order valence-corrected chi connectivity index (χ3v) is 5.26. The van der Waals surface area contributed by atoms with Crippen LogP contribution >= 0.6 is 0 Å². The topological polar surface area (TPSA) is 75.7 Å². The molecule has 0 atom stereocenters. The molecule has 0 saturated heterocycles. The molecule has 1 heterocycles. The highest BCUT2D eigenvalue weighted by Crippen LogP contribution is 2.45. The number of esters is 1. The Labute approximate surface area is 157 Å². The normalized spacial score (nSPS) is 17.3. The highest BCUT2D eigenvalue weighted by molar-refractivity contribution is 6.15. The predicted octanol–water partition coefficient (Wildman–Crippen LogP) is 3.14. The van der Waals surface area contributed by atoms with Crippen molar-refractivity contribution in [2.45, 2.75) is 31.2 Å². The molecule has 6 nitrogen and oxygen atoms in total. The number of carbonyl (C=O) groups is 3. The summed E-state index contributed by atoms with van der Waals surface area (Å²) in [5.41, 5.74) is 0.741. The number of amides is 2. The average molecular weight is 364 g/mol. The lowest BCUT2D eigenvalue weighted by molar-refractivity contribution is -0.129. The van der Waals surface area contributed by atoms with Crippen LogP contribution in [0.5, 0.6) is 0 Å². The van der Waals surface area contributed by atoms with Gasteiger partial charge in [0, 0.05) is 0 Å². The molecule has 27 heavy (non-hydrogen) atoms. The molecule has 1 N–H and O–H groups in total. The van der Waals surface area contributed by atoms with Gasteiger partial charge in [0.2, 0.25) is 0 Å². The van der Waals surface area contributed by atoms with E-state index in [-0.39, 0.29) is 11.8 Å². The van der Waals surface area contributed by atoms with Crippen molar-refractivity contribution in [1.29, 1.82) is 0 Å². The van der Waals surface area contributed by atoms with Crippen molar-refractivity contribution < 1.29 is 19.1 Å². The highest BCUT2D eigenvalue weighted by atomic mass is 16.5. The summed E-state index contributed by atoms with van der Waals surface area (Å²) in [6.45, 7) is -0.406. The van der Waals surface area contributed by atoms with Crippen molar-refractivity contribution in [2.24, 2.45) is 0 Å². The summed E-state index contributed by atoms with van der Waals surface area (Å²) in [5, 5.41) is 2.93. The Bertz CT molecular complexity index is 888. The van der Waals surface area contributed by atoms with Gasteiger partial charge in [-0.05, 0) is 37.1 Å². The molecular weight excluding hydrogens is 344 g/mol. The molecule has 2 amide bonds. The Balaban J connectivity index is 1.60. The maximum atomic E-state index is 13.1. The number of nitrogens with one attached hydrogen (secondary N) is 1. The number of rotatable bonds is 3. The van der Waals surface area contributed by atoms with E-state index in [4.69, 9.17) is 4.74 Å². The van der Waals surface area contributed by atoms with E-state index in [9.17, 15) is 14.4 Å². The van der Waals surface area contributed by atoms with Gasteiger partial charge < -0.3 is 10.1 Å². The molecule has 1 aliphatic heterocycles.